The number of halogens is 2. The zero-order valence-electron chi connectivity index (χ0n) is 19.0. The van der Waals surface area contributed by atoms with E-state index in [1.165, 1.54) is 28.8 Å². The molecule has 1 aliphatic carbocycles. The third kappa shape index (κ3) is 4.36. The van der Waals surface area contributed by atoms with Crippen LogP contribution < -0.4 is 15.1 Å². The monoisotopic (exact) mass is 471 g/mol. The third-order valence-corrected chi connectivity index (χ3v) is 6.83. The fraction of sp³-hybridized carbons (Fsp3) is 0.435. The minimum absolute atomic E-state index is 0.166. The Morgan fingerprint density at radius 2 is 1.82 bits per heavy atom. The Morgan fingerprint density at radius 1 is 1.12 bits per heavy atom. The molecular formula is C23H27F2N7S. The molecule has 1 saturated heterocycles. The van der Waals surface area contributed by atoms with Gasteiger partial charge in [0.05, 0.1) is 0 Å². The number of aromatic amines is 1. The van der Waals surface area contributed by atoms with E-state index in [0.717, 1.165) is 55.8 Å². The standard InChI is InChI=1S/C23H27F2N7S/c1-13-10-18(30-29-13)26-21-19(14-6-7-14)22(32-8-4-5-9-32)28-23(27-21)31(2)20-16(24)11-15(33-3)12-17(20)25/h10-12,14H,4-9H2,1-3H3,(H2,26,27,28,29,30). The molecule has 3 aromatic rings. The lowest BCUT2D eigenvalue weighted by molar-refractivity contribution is 0.577. The minimum atomic E-state index is -0.642. The molecule has 0 spiro atoms. The van der Waals surface area contributed by atoms with E-state index in [9.17, 15) is 8.78 Å². The molecule has 2 N–H and O–H groups in total. The Hall–Kier alpha value is -2.88. The second-order valence-electron chi connectivity index (χ2n) is 8.64. The van der Waals surface area contributed by atoms with Crippen molar-refractivity contribution in [3.05, 3.63) is 41.1 Å². The molecule has 174 valence electrons. The second kappa shape index (κ2) is 8.81. The predicted octanol–water partition coefficient (Wildman–Crippen LogP) is 5.50. The number of rotatable bonds is 7. The van der Waals surface area contributed by atoms with Gasteiger partial charge >= 0.3 is 0 Å². The van der Waals surface area contributed by atoms with Crippen molar-refractivity contribution in [2.24, 2.45) is 0 Å². The molecule has 1 aliphatic heterocycles. The highest BCUT2D eigenvalue weighted by Gasteiger charge is 2.34. The maximum absolute atomic E-state index is 14.9. The molecule has 5 rings (SSSR count). The fourth-order valence-corrected chi connectivity index (χ4v) is 4.74. The van der Waals surface area contributed by atoms with E-state index in [1.807, 2.05) is 13.0 Å². The lowest BCUT2D eigenvalue weighted by atomic mass is 10.1. The maximum Gasteiger partial charge on any atom is 0.233 e. The third-order valence-electron chi connectivity index (χ3n) is 6.12. The molecule has 7 nitrogen and oxygen atoms in total. The van der Waals surface area contributed by atoms with Gasteiger partial charge in [-0.1, -0.05) is 0 Å². The van der Waals surface area contributed by atoms with Gasteiger partial charge in [0, 0.05) is 42.4 Å². The molecule has 2 fully saturated rings. The van der Waals surface area contributed by atoms with Gasteiger partial charge in [-0.25, -0.2) is 8.78 Å². The first-order valence-electron chi connectivity index (χ1n) is 11.2. The van der Waals surface area contributed by atoms with Crippen LogP contribution in [-0.2, 0) is 0 Å². The zero-order chi connectivity index (χ0) is 23.1. The highest BCUT2D eigenvalue weighted by Crippen LogP contribution is 2.48. The number of anilines is 5. The summed E-state index contributed by atoms with van der Waals surface area (Å²) in [6, 6.07) is 4.58. The summed E-state index contributed by atoms with van der Waals surface area (Å²) >= 11 is 1.29. The number of nitrogens with zero attached hydrogens (tertiary/aromatic N) is 5. The lowest BCUT2D eigenvalue weighted by Crippen LogP contribution is -2.24. The molecule has 3 heterocycles. The first kappa shape index (κ1) is 21.9. The van der Waals surface area contributed by atoms with Gasteiger partial charge in [-0.15, -0.1) is 11.8 Å². The average molecular weight is 472 g/mol. The highest BCUT2D eigenvalue weighted by atomic mass is 32.2. The van der Waals surface area contributed by atoms with E-state index in [0.29, 0.717) is 22.4 Å². The Morgan fingerprint density at radius 3 is 2.39 bits per heavy atom. The van der Waals surface area contributed by atoms with Crippen LogP contribution in [0.15, 0.2) is 23.1 Å². The Balaban J connectivity index is 1.63. The molecule has 33 heavy (non-hydrogen) atoms. The van der Waals surface area contributed by atoms with Crippen molar-refractivity contribution in [3.63, 3.8) is 0 Å². The van der Waals surface area contributed by atoms with Crippen LogP contribution in [-0.4, -0.2) is 46.6 Å². The van der Waals surface area contributed by atoms with Gasteiger partial charge < -0.3 is 15.1 Å². The topological polar surface area (TPSA) is 73.0 Å². The smallest absolute Gasteiger partial charge is 0.233 e. The maximum atomic E-state index is 14.9. The average Bonchev–Trinajstić information content (AvgIpc) is 3.30. The van der Waals surface area contributed by atoms with Crippen LogP contribution in [0.2, 0.25) is 0 Å². The van der Waals surface area contributed by atoms with E-state index in [-0.39, 0.29) is 11.6 Å². The van der Waals surface area contributed by atoms with Gasteiger partial charge in [-0.05, 0) is 56.9 Å². The van der Waals surface area contributed by atoms with Gasteiger partial charge in [0.25, 0.3) is 0 Å². The van der Waals surface area contributed by atoms with Crippen LogP contribution in [0.1, 0.15) is 42.9 Å². The van der Waals surface area contributed by atoms with Crippen LogP contribution in [0.4, 0.5) is 37.9 Å². The molecule has 0 unspecified atom stereocenters. The van der Waals surface area contributed by atoms with Gasteiger partial charge in [0.15, 0.2) is 17.5 Å². The normalized spacial score (nSPS) is 15.8. The van der Waals surface area contributed by atoms with Crippen molar-refractivity contribution >= 4 is 40.9 Å². The van der Waals surface area contributed by atoms with E-state index >= 15 is 0 Å². The van der Waals surface area contributed by atoms with Gasteiger partial charge in [0.1, 0.15) is 17.3 Å². The van der Waals surface area contributed by atoms with Crippen molar-refractivity contribution in [2.75, 3.05) is 41.5 Å². The van der Waals surface area contributed by atoms with Gasteiger partial charge in [0.2, 0.25) is 5.95 Å². The Labute approximate surface area is 196 Å². The van der Waals surface area contributed by atoms with Crippen LogP contribution in [0.5, 0.6) is 0 Å². The summed E-state index contributed by atoms with van der Waals surface area (Å²) < 4.78 is 29.8. The van der Waals surface area contributed by atoms with Crippen LogP contribution in [0.25, 0.3) is 0 Å². The first-order chi connectivity index (χ1) is 15.9. The summed E-state index contributed by atoms with van der Waals surface area (Å²) in [6.07, 6.45) is 6.13. The number of thioether (sulfide) groups is 1. The molecule has 2 aromatic heterocycles. The summed E-state index contributed by atoms with van der Waals surface area (Å²) in [5, 5.41) is 10.6. The number of hydrogen-bond acceptors (Lipinski definition) is 7. The number of aryl methyl sites for hydroxylation is 1. The van der Waals surface area contributed by atoms with Crippen molar-refractivity contribution < 1.29 is 8.78 Å². The highest BCUT2D eigenvalue weighted by molar-refractivity contribution is 7.98. The van der Waals surface area contributed by atoms with Crippen molar-refractivity contribution in [1.29, 1.82) is 0 Å². The number of H-pyrrole nitrogens is 1. The Bertz CT molecular complexity index is 1150. The summed E-state index contributed by atoms with van der Waals surface area (Å²) in [5.41, 5.74) is 1.82. The Kier molecular flexibility index (Phi) is 5.86. The second-order valence-corrected chi connectivity index (χ2v) is 9.52. The van der Waals surface area contributed by atoms with E-state index < -0.39 is 11.6 Å². The molecule has 0 amide bonds. The summed E-state index contributed by atoms with van der Waals surface area (Å²) in [5.74, 6) is 1.47. The summed E-state index contributed by atoms with van der Waals surface area (Å²) in [6.45, 7) is 3.75. The predicted molar refractivity (Wildman–Crippen MR) is 128 cm³/mol. The zero-order valence-corrected chi connectivity index (χ0v) is 19.8. The number of nitrogens with one attached hydrogen (secondary N) is 2. The van der Waals surface area contributed by atoms with E-state index in [4.69, 9.17) is 9.97 Å². The molecule has 1 aromatic carbocycles. The number of benzene rings is 1. The minimum Gasteiger partial charge on any atom is -0.356 e. The number of aromatic nitrogens is 4. The molecule has 0 bridgehead atoms. The molecule has 2 aliphatic rings. The summed E-state index contributed by atoms with van der Waals surface area (Å²) in [4.78, 5) is 13.8. The largest absolute Gasteiger partial charge is 0.356 e. The quantitative estimate of drug-likeness (QED) is 0.441. The SMILES string of the molecule is CSc1cc(F)c(N(C)c2nc(Nc3cc(C)[nH]n3)c(C3CC3)c(N3CCCC3)n2)c(F)c1. The van der Waals surface area contributed by atoms with Crippen molar-refractivity contribution in [3.8, 4) is 0 Å². The van der Waals surface area contributed by atoms with Crippen LogP contribution >= 0.6 is 11.8 Å². The molecule has 1 saturated carbocycles. The molecule has 0 radical (unpaired) electrons. The van der Waals surface area contributed by atoms with Crippen LogP contribution in [0.3, 0.4) is 0 Å². The summed E-state index contributed by atoms with van der Waals surface area (Å²) in [7, 11) is 1.60. The van der Waals surface area contributed by atoms with E-state index in [2.05, 4.69) is 20.4 Å². The fourth-order valence-electron chi connectivity index (χ4n) is 4.29. The van der Waals surface area contributed by atoms with Crippen molar-refractivity contribution in [1.82, 2.24) is 20.2 Å². The van der Waals surface area contributed by atoms with E-state index in [1.54, 1.807) is 13.3 Å². The number of hydrogen-bond donors (Lipinski definition) is 2. The van der Waals surface area contributed by atoms with Gasteiger partial charge in [-0.3, -0.25) is 5.10 Å². The lowest BCUT2D eigenvalue weighted by Gasteiger charge is -2.26. The molecular weight excluding hydrogens is 444 g/mol. The van der Waals surface area contributed by atoms with Gasteiger partial charge in [-0.2, -0.15) is 15.1 Å². The molecule has 10 heteroatoms. The molecule has 0 atom stereocenters. The first-order valence-corrected chi connectivity index (χ1v) is 12.4. The van der Waals surface area contributed by atoms with Crippen LogP contribution in [0, 0.1) is 18.6 Å². The van der Waals surface area contributed by atoms with Crippen molar-refractivity contribution in [2.45, 2.75) is 43.4 Å².